The van der Waals surface area contributed by atoms with Crippen LogP contribution in [0.4, 0.5) is 0 Å². The summed E-state index contributed by atoms with van der Waals surface area (Å²) in [7, 11) is 0. The molecule has 0 radical (unpaired) electrons. The Labute approximate surface area is 125 Å². The van der Waals surface area contributed by atoms with Gasteiger partial charge in [-0.1, -0.05) is 27.7 Å². The van der Waals surface area contributed by atoms with E-state index in [-0.39, 0.29) is 6.10 Å². The third-order valence-corrected chi connectivity index (χ3v) is 5.85. The van der Waals surface area contributed by atoms with Crippen LogP contribution < -0.4 is 0 Å². The van der Waals surface area contributed by atoms with Crippen molar-refractivity contribution in [1.29, 1.82) is 0 Å². The summed E-state index contributed by atoms with van der Waals surface area (Å²) < 4.78 is 0. The lowest BCUT2D eigenvalue weighted by Crippen LogP contribution is -2.40. The normalized spacial score (nSPS) is 36.0. The number of hydrogen-bond donors (Lipinski definition) is 1. The monoisotopic (exact) mass is 281 g/mol. The maximum atomic E-state index is 10.3. The summed E-state index contributed by atoms with van der Waals surface area (Å²) in [6.45, 7) is 13.1. The van der Waals surface area contributed by atoms with Crippen molar-refractivity contribution in [2.24, 2.45) is 23.2 Å². The lowest BCUT2D eigenvalue weighted by molar-refractivity contribution is 0.0187. The van der Waals surface area contributed by atoms with Crippen LogP contribution in [0.2, 0.25) is 0 Å². The van der Waals surface area contributed by atoms with E-state index in [9.17, 15) is 5.11 Å². The van der Waals surface area contributed by atoms with Crippen molar-refractivity contribution >= 4 is 0 Å². The van der Waals surface area contributed by atoms with Gasteiger partial charge >= 0.3 is 0 Å². The van der Waals surface area contributed by atoms with Crippen LogP contribution in [0.25, 0.3) is 0 Å². The fourth-order valence-corrected chi connectivity index (χ4v) is 4.08. The van der Waals surface area contributed by atoms with Gasteiger partial charge in [0.05, 0.1) is 6.10 Å². The van der Waals surface area contributed by atoms with Crippen molar-refractivity contribution in [3.05, 3.63) is 0 Å². The van der Waals surface area contributed by atoms with Gasteiger partial charge in [0, 0.05) is 6.54 Å². The first-order valence-electron chi connectivity index (χ1n) is 8.78. The van der Waals surface area contributed by atoms with E-state index in [4.69, 9.17) is 0 Å². The Morgan fingerprint density at radius 1 is 1.15 bits per heavy atom. The van der Waals surface area contributed by atoms with E-state index in [0.717, 1.165) is 24.8 Å². The summed E-state index contributed by atoms with van der Waals surface area (Å²) >= 11 is 0. The van der Waals surface area contributed by atoms with Crippen LogP contribution in [-0.2, 0) is 0 Å². The molecule has 20 heavy (non-hydrogen) atoms. The first-order chi connectivity index (χ1) is 9.37. The Bertz CT molecular complexity index is 300. The minimum Gasteiger partial charge on any atom is -0.393 e. The van der Waals surface area contributed by atoms with Crippen molar-refractivity contribution in [3.63, 3.8) is 0 Å². The van der Waals surface area contributed by atoms with Crippen molar-refractivity contribution < 1.29 is 5.11 Å². The third-order valence-electron chi connectivity index (χ3n) is 5.85. The van der Waals surface area contributed by atoms with E-state index < -0.39 is 0 Å². The molecule has 1 aliphatic carbocycles. The molecule has 118 valence electrons. The van der Waals surface area contributed by atoms with Gasteiger partial charge in [0.25, 0.3) is 0 Å². The summed E-state index contributed by atoms with van der Waals surface area (Å²) in [6.07, 6.45) is 7.41. The van der Waals surface area contributed by atoms with Crippen LogP contribution in [0, 0.1) is 23.2 Å². The summed E-state index contributed by atoms with van der Waals surface area (Å²) in [5.41, 5.74) is 0.514. The molecule has 0 aromatic heterocycles. The molecule has 1 heterocycles. The van der Waals surface area contributed by atoms with Crippen LogP contribution in [0.3, 0.4) is 0 Å². The molecule has 2 fully saturated rings. The molecule has 0 aromatic carbocycles. The average Bonchev–Trinajstić information content (AvgIpc) is 2.53. The average molecular weight is 281 g/mol. The summed E-state index contributed by atoms with van der Waals surface area (Å²) in [6, 6.07) is 0. The van der Waals surface area contributed by atoms with E-state index in [0.29, 0.717) is 11.3 Å². The first-order valence-corrected chi connectivity index (χ1v) is 8.78. The highest BCUT2D eigenvalue weighted by atomic mass is 16.3. The third kappa shape index (κ3) is 4.46. The van der Waals surface area contributed by atoms with Gasteiger partial charge < -0.3 is 10.0 Å². The highest BCUT2D eigenvalue weighted by molar-refractivity contribution is 4.85. The highest BCUT2D eigenvalue weighted by Crippen LogP contribution is 2.35. The molecule has 1 aliphatic heterocycles. The molecule has 0 bridgehead atoms. The maximum Gasteiger partial charge on any atom is 0.0580 e. The zero-order valence-electron chi connectivity index (χ0n) is 14.1. The van der Waals surface area contributed by atoms with Gasteiger partial charge in [0.1, 0.15) is 0 Å². The zero-order valence-corrected chi connectivity index (χ0v) is 14.1. The minimum absolute atomic E-state index is 0.0544. The predicted octanol–water partition coefficient (Wildman–Crippen LogP) is 3.93. The van der Waals surface area contributed by atoms with Gasteiger partial charge in [-0.05, 0) is 74.8 Å². The second-order valence-electron chi connectivity index (χ2n) is 8.46. The van der Waals surface area contributed by atoms with Crippen LogP contribution in [0.5, 0.6) is 0 Å². The van der Waals surface area contributed by atoms with Gasteiger partial charge in [0.15, 0.2) is 0 Å². The number of nitrogens with zero attached hydrogens (tertiary/aromatic N) is 1. The van der Waals surface area contributed by atoms with Crippen molar-refractivity contribution in [2.75, 3.05) is 19.6 Å². The van der Waals surface area contributed by atoms with Gasteiger partial charge in [-0.15, -0.1) is 0 Å². The summed E-state index contributed by atoms with van der Waals surface area (Å²) in [5.74, 6) is 2.11. The Balaban J connectivity index is 1.87. The van der Waals surface area contributed by atoms with E-state index in [1.165, 1.54) is 45.2 Å². The second-order valence-corrected chi connectivity index (χ2v) is 8.46. The molecule has 1 N–H and O–H groups in total. The van der Waals surface area contributed by atoms with Gasteiger partial charge in [-0.3, -0.25) is 0 Å². The Kier molecular flexibility index (Phi) is 5.53. The minimum atomic E-state index is -0.0544. The van der Waals surface area contributed by atoms with Crippen LogP contribution in [-0.4, -0.2) is 35.7 Å². The smallest absolute Gasteiger partial charge is 0.0580 e. The lowest BCUT2D eigenvalue weighted by atomic mass is 9.74. The quantitative estimate of drug-likeness (QED) is 0.847. The molecule has 2 heteroatoms. The molecule has 0 spiro atoms. The van der Waals surface area contributed by atoms with E-state index >= 15 is 0 Å². The van der Waals surface area contributed by atoms with Crippen LogP contribution in [0.15, 0.2) is 0 Å². The first kappa shape index (κ1) is 16.3. The maximum absolute atomic E-state index is 10.3. The number of hydrogen-bond acceptors (Lipinski definition) is 2. The summed E-state index contributed by atoms with van der Waals surface area (Å²) in [4.78, 5) is 2.63. The van der Waals surface area contributed by atoms with Crippen LogP contribution in [0.1, 0.15) is 66.2 Å². The van der Waals surface area contributed by atoms with Crippen molar-refractivity contribution in [1.82, 2.24) is 4.90 Å². The molecular weight excluding hydrogens is 246 g/mol. The van der Waals surface area contributed by atoms with Gasteiger partial charge in [-0.25, -0.2) is 0 Å². The Hall–Kier alpha value is -0.0800. The van der Waals surface area contributed by atoms with Crippen molar-refractivity contribution in [3.8, 4) is 0 Å². The predicted molar refractivity (Wildman–Crippen MR) is 85.7 cm³/mol. The Morgan fingerprint density at radius 3 is 2.60 bits per heavy atom. The van der Waals surface area contributed by atoms with E-state index in [1.807, 2.05) is 0 Å². The largest absolute Gasteiger partial charge is 0.393 e. The number of rotatable bonds is 3. The summed E-state index contributed by atoms with van der Waals surface area (Å²) in [5, 5.41) is 10.3. The fraction of sp³-hybridized carbons (Fsp3) is 1.00. The SMILES string of the molecule is CC(C)C1CCC(O)C(CN2CCCC(C)(C)CC2)C1. The molecule has 0 amide bonds. The number of aliphatic hydroxyl groups is 1. The van der Waals surface area contributed by atoms with Crippen LogP contribution >= 0.6 is 0 Å². The van der Waals surface area contributed by atoms with E-state index in [1.54, 1.807) is 0 Å². The molecular formula is C18H35NO. The highest BCUT2D eigenvalue weighted by Gasteiger charge is 2.32. The zero-order chi connectivity index (χ0) is 14.8. The molecule has 3 unspecified atom stereocenters. The van der Waals surface area contributed by atoms with Crippen molar-refractivity contribution in [2.45, 2.75) is 72.3 Å². The molecule has 2 nitrogen and oxygen atoms in total. The van der Waals surface area contributed by atoms with Gasteiger partial charge in [-0.2, -0.15) is 0 Å². The van der Waals surface area contributed by atoms with Gasteiger partial charge in [0.2, 0.25) is 0 Å². The molecule has 2 rings (SSSR count). The molecule has 2 aliphatic rings. The fourth-order valence-electron chi connectivity index (χ4n) is 4.08. The molecule has 3 atom stereocenters. The number of aliphatic hydroxyl groups excluding tert-OH is 1. The number of likely N-dealkylation sites (tertiary alicyclic amines) is 1. The molecule has 1 saturated carbocycles. The lowest BCUT2D eigenvalue weighted by Gasteiger charge is -2.38. The second kappa shape index (κ2) is 6.79. The Morgan fingerprint density at radius 2 is 1.90 bits per heavy atom. The topological polar surface area (TPSA) is 23.5 Å². The molecule has 1 saturated heterocycles. The molecule has 0 aromatic rings. The standard InChI is InChI=1S/C18H35NO/c1-14(2)15-6-7-17(20)16(12-15)13-19-10-5-8-18(3,4)9-11-19/h14-17,20H,5-13H2,1-4H3. The van der Waals surface area contributed by atoms with E-state index in [2.05, 4.69) is 32.6 Å².